The highest BCUT2D eigenvalue weighted by molar-refractivity contribution is 7.15. The van der Waals surface area contributed by atoms with Crippen molar-refractivity contribution < 1.29 is 0 Å². The summed E-state index contributed by atoms with van der Waals surface area (Å²) in [5, 5.41) is 20.7. The predicted octanol–water partition coefficient (Wildman–Crippen LogP) is 2.35. The molecule has 0 bridgehead atoms. The maximum atomic E-state index is 8.80. The highest BCUT2D eigenvalue weighted by Gasteiger charge is 2.05. The number of benzene rings is 1. The third-order valence-corrected chi connectivity index (χ3v) is 4.20. The average Bonchev–Trinajstić information content (AvgIpc) is 3.15. The predicted molar refractivity (Wildman–Crippen MR) is 84.4 cm³/mol. The third kappa shape index (κ3) is 3.30. The van der Waals surface area contributed by atoms with E-state index >= 15 is 0 Å². The van der Waals surface area contributed by atoms with Crippen LogP contribution in [0.3, 0.4) is 0 Å². The molecule has 0 saturated carbocycles. The minimum Gasteiger partial charge on any atom is -0.356 e. The molecule has 0 unspecified atom stereocenters. The minimum absolute atomic E-state index is 0.646. The average molecular weight is 310 g/mol. The molecule has 3 rings (SSSR count). The molecule has 2 heterocycles. The van der Waals surface area contributed by atoms with E-state index in [9.17, 15) is 0 Å². The molecule has 110 valence electrons. The van der Waals surface area contributed by atoms with E-state index in [0.717, 1.165) is 17.2 Å². The number of nitrogens with zero attached hydrogens (tertiary/aromatic N) is 5. The summed E-state index contributed by atoms with van der Waals surface area (Å²) in [6, 6.07) is 9.76. The van der Waals surface area contributed by atoms with Crippen molar-refractivity contribution in [1.29, 1.82) is 5.26 Å². The summed E-state index contributed by atoms with van der Waals surface area (Å²) < 4.78 is 1.73. The van der Waals surface area contributed by atoms with Crippen molar-refractivity contribution in [3.63, 3.8) is 0 Å². The molecule has 0 amide bonds. The van der Waals surface area contributed by atoms with Gasteiger partial charge in [0, 0.05) is 24.5 Å². The molecule has 0 aliphatic carbocycles. The smallest absolute Gasteiger partial charge is 0.183 e. The van der Waals surface area contributed by atoms with Gasteiger partial charge in [0.15, 0.2) is 5.13 Å². The summed E-state index contributed by atoms with van der Waals surface area (Å²) in [6.07, 6.45) is 4.43. The van der Waals surface area contributed by atoms with E-state index in [-0.39, 0.29) is 0 Å². The first-order chi connectivity index (χ1) is 10.7. The van der Waals surface area contributed by atoms with Crippen molar-refractivity contribution in [2.24, 2.45) is 7.05 Å². The van der Waals surface area contributed by atoms with Gasteiger partial charge in [-0.25, -0.2) is 4.98 Å². The molecule has 0 spiro atoms. The van der Waals surface area contributed by atoms with Crippen molar-refractivity contribution in [2.45, 2.75) is 13.0 Å². The zero-order chi connectivity index (χ0) is 15.4. The molecule has 7 heteroatoms. The quantitative estimate of drug-likeness (QED) is 0.782. The Balaban J connectivity index is 1.61. The molecule has 0 atom stereocenters. The summed E-state index contributed by atoms with van der Waals surface area (Å²) in [5.41, 5.74) is 2.86. The van der Waals surface area contributed by atoms with Crippen LogP contribution in [0.15, 0.2) is 36.7 Å². The van der Waals surface area contributed by atoms with Crippen LogP contribution in [0, 0.1) is 11.3 Å². The fourth-order valence-electron chi connectivity index (χ4n) is 2.01. The van der Waals surface area contributed by atoms with Gasteiger partial charge in [0.05, 0.1) is 30.1 Å². The first-order valence-electron chi connectivity index (χ1n) is 6.76. The minimum atomic E-state index is 0.646. The summed E-state index contributed by atoms with van der Waals surface area (Å²) in [7, 11) is 1.86. The van der Waals surface area contributed by atoms with Gasteiger partial charge in [-0.3, -0.25) is 4.68 Å². The maximum Gasteiger partial charge on any atom is 0.183 e. The summed E-state index contributed by atoms with van der Waals surface area (Å²) in [5.74, 6) is 0. The van der Waals surface area contributed by atoms with Gasteiger partial charge in [0.25, 0.3) is 0 Å². The van der Waals surface area contributed by atoms with Crippen LogP contribution in [0.25, 0.3) is 0 Å². The van der Waals surface area contributed by atoms with Gasteiger partial charge in [0.1, 0.15) is 0 Å². The second-order valence-corrected chi connectivity index (χ2v) is 5.93. The molecule has 6 nitrogen and oxygen atoms in total. The zero-order valence-electron chi connectivity index (χ0n) is 12.0. The Morgan fingerprint density at radius 3 is 2.77 bits per heavy atom. The first-order valence-corrected chi connectivity index (χ1v) is 7.57. The van der Waals surface area contributed by atoms with Crippen molar-refractivity contribution in [2.75, 3.05) is 5.32 Å². The van der Waals surface area contributed by atoms with Crippen LogP contribution in [0.2, 0.25) is 0 Å². The fraction of sp³-hybridized carbons (Fsp3) is 0.200. The highest BCUT2D eigenvalue weighted by atomic mass is 32.1. The Morgan fingerprint density at radius 1 is 1.27 bits per heavy atom. The van der Waals surface area contributed by atoms with Crippen LogP contribution in [0.4, 0.5) is 5.13 Å². The third-order valence-electron chi connectivity index (χ3n) is 3.24. The number of hydrogen-bond acceptors (Lipinski definition) is 6. The first kappa shape index (κ1) is 14.2. The number of nitriles is 1. The lowest BCUT2D eigenvalue weighted by molar-refractivity contribution is 0.683. The lowest BCUT2D eigenvalue weighted by Crippen LogP contribution is -2.04. The van der Waals surface area contributed by atoms with Crippen LogP contribution < -0.4 is 5.32 Å². The van der Waals surface area contributed by atoms with Crippen molar-refractivity contribution >= 4 is 16.5 Å². The summed E-state index contributed by atoms with van der Waals surface area (Å²) in [4.78, 5) is 5.56. The molecule has 2 aromatic heterocycles. The molecule has 0 aliphatic heterocycles. The van der Waals surface area contributed by atoms with E-state index in [1.54, 1.807) is 22.2 Å². The Labute approximate surface area is 132 Å². The van der Waals surface area contributed by atoms with Crippen molar-refractivity contribution in [3.05, 3.63) is 58.4 Å². The maximum absolute atomic E-state index is 8.80. The van der Waals surface area contributed by atoms with Gasteiger partial charge >= 0.3 is 0 Å². The van der Waals surface area contributed by atoms with E-state index in [1.165, 1.54) is 10.4 Å². The molecule has 0 saturated heterocycles. The van der Waals surface area contributed by atoms with E-state index < -0.39 is 0 Å². The van der Waals surface area contributed by atoms with Crippen molar-refractivity contribution in [3.8, 4) is 6.07 Å². The topological polar surface area (TPSA) is 79.4 Å². The Morgan fingerprint density at radius 2 is 2.09 bits per heavy atom. The monoisotopic (exact) mass is 310 g/mol. The van der Waals surface area contributed by atoms with Crippen LogP contribution in [0.1, 0.15) is 21.7 Å². The Kier molecular flexibility index (Phi) is 4.12. The van der Waals surface area contributed by atoms with Gasteiger partial charge < -0.3 is 5.32 Å². The largest absolute Gasteiger partial charge is 0.356 e. The van der Waals surface area contributed by atoms with E-state index in [1.807, 2.05) is 37.5 Å². The standard InChI is InChI=1S/C15H14N6S/c1-21-13(9-19-20-21)8-17-15-18-10-14(22-15)6-11-2-4-12(7-16)5-3-11/h2-5,9-10H,6,8H2,1H3,(H,17,18). The van der Waals surface area contributed by atoms with Gasteiger partial charge in [-0.1, -0.05) is 17.3 Å². The molecule has 1 N–H and O–H groups in total. The summed E-state index contributed by atoms with van der Waals surface area (Å²) in [6.45, 7) is 0.646. The molecule has 3 aromatic rings. The highest BCUT2D eigenvalue weighted by Crippen LogP contribution is 2.21. The zero-order valence-corrected chi connectivity index (χ0v) is 12.8. The van der Waals surface area contributed by atoms with Crippen LogP contribution in [-0.4, -0.2) is 20.0 Å². The molecule has 22 heavy (non-hydrogen) atoms. The molecular formula is C15H14N6S. The van der Waals surface area contributed by atoms with Crippen LogP contribution in [0.5, 0.6) is 0 Å². The molecule has 0 radical (unpaired) electrons. The second-order valence-electron chi connectivity index (χ2n) is 4.82. The SMILES string of the molecule is Cn1nncc1CNc1ncc(Cc2ccc(C#N)cc2)s1. The Bertz CT molecular complexity index is 796. The van der Waals surface area contributed by atoms with Crippen LogP contribution in [-0.2, 0) is 20.0 Å². The van der Waals surface area contributed by atoms with Gasteiger partial charge in [-0.2, -0.15) is 5.26 Å². The molecule has 1 aromatic carbocycles. The number of thiazole rings is 1. The number of nitrogens with one attached hydrogen (secondary N) is 1. The van der Waals surface area contributed by atoms with Gasteiger partial charge in [0.2, 0.25) is 0 Å². The molecular weight excluding hydrogens is 296 g/mol. The Hall–Kier alpha value is -2.72. The van der Waals surface area contributed by atoms with Crippen LogP contribution >= 0.6 is 11.3 Å². The number of rotatable bonds is 5. The second kappa shape index (κ2) is 6.37. The van der Waals surface area contributed by atoms with E-state index in [0.29, 0.717) is 12.1 Å². The number of aromatic nitrogens is 4. The number of hydrogen-bond donors (Lipinski definition) is 1. The normalized spacial score (nSPS) is 10.4. The molecule has 0 aliphatic rings. The van der Waals surface area contributed by atoms with Crippen molar-refractivity contribution in [1.82, 2.24) is 20.0 Å². The number of aryl methyl sites for hydroxylation is 1. The summed E-state index contributed by atoms with van der Waals surface area (Å²) >= 11 is 1.63. The van der Waals surface area contributed by atoms with E-state index in [4.69, 9.17) is 5.26 Å². The fourth-order valence-corrected chi connectivity index (χ4v) is 2.85. The molecule has 0 fully saturated rings. The van der Waals surface area contributed by atoms with Gasteiger partial charge in [-0.15, -0.1) is 16.4 Å². The lowest BCUT2D eigenvalue weighted by atomic mass is 10.1. The number of anilines is 1. The van der Waals surface area contributed by atoms with E-state index in [2.05, 4.69) is 26.7 Å². The lowest BCUT2D eigenvalue weighted by Gasteiger charge is -2.01. The van der Waals surface area contributed by atoms with Gasteiger partial charge in [-0.05, 0) is 17.7 Å².